The Labute approximate surface area is 100 Å². The highest BCUT2D eigenvalue weighted by Crippen LogP contribution is 2.27. The Kier molecular flexibility index (Phi) is 4.38. The number of carboxylic acids is 1. The van der Waals surface area contributed by atoms with Crippen LogP contribution in [0.25, 0.3) is 0 Å². The fourth-order valence-electron chi connectivity index (χ4n) is 1.65. The number of aliphatic carboxylic acids is 1. The van der Waals surface area contributed by atoms with Crippen LogP contribution in [0.2, 0.25) is 0 Å². The molecule has 1 atom stereocenters. The zero-order valence-corrected chi connectivity index (χ0v) is 10.6. The van der Waals surface area contributed by atoms with Gasteiger partial charge in [-0.25, -0.2) is 0 Å². The molecule has 0 aromatic heterocycles. The number of aryl methyl sites for hydroxylation is 1. The number of hydrogen-bond donors (Lipinski definition) is 2. The molecule has 0 radical (unpaired) electrons. The second-order valence-corrected chi connectivity index (χ2v) is 4.74. The summed E-state index contributed by atoms with van der Waals surface area (Å²) in [6.07, 6.45) is 1.97. The lowest BCUT2D eigenvalue weighted by molar-refractivity contribution is -0.137. The van der Waals surface area contributed by atoms with Gasteiger partial charge in [-0.15, -0.1) is 11.8 Å². The van der Waals surface area contributed by atoms with Crippen LogP contribution in [0.3, 0.4) is 0 Å². The minimum Gasteiger partial charge on any atom is -0.481 e. The fourth-order valence-corrected chi connectivity index (χ4v) is 2.19. The Hall–Kier alpha value is -1.00. The van der Waals surface area contributed by atoms with Crippen molar-refractivity contribution in [2.45, 2.75) is 31.2 Å². The molecule has 0 fully saturated rings. The van der Waals surface area contributed by atoms with Gasteiger partial charge in [-0.1, -0.05) is 0 Å². The molecular weight excluding hydrogens is 222 g/mol. The first-order valence-corrected chi connectivity index (χ1v) is 6.30. The minimum absolute atomic E-state index is 0.0296. The van der Waals surface area contributed by atoms with E-state index in [4.69, 9.17) is 10.8 Å². The molecule has 0 bridgehead atoms. The van der Waals surface area contributed by atoms with Gasteiger partial charge in [-0.05, 0) is 48.9 Å². The molecule has 1 unspecified atom stereocenters. The van der Waals surface area contributed by atoms with Crippen LogP contribution in [0.1, 0.15) is 29.2 Å². The van der Waals surface area contributed by atoms with Gasteiger partial charge in [0, 0.05) is 10.9 Å². The van der Waals surface area contributed by atoms with Crippen LogP contribution >= 0.6 is 11.8 Å². The number of hydrogen-bond acceptors (Lipinski definition) is 3. The molecule has 0 spiro atoms. The topological polar surface area (TPSA) is 63.3 Å². The maximum Gasteiger partial charge on any atom is 0.305 e. The van der Waals surface area contributed by atoms with E-state index in [-0.39, 0.29) is 6.42 Å². The summed E-state index contributed by atoms with van der Waals surface area (Å²) in [5.41, 5.74) is 9.08. The molecule has 4 heteroatoms. The third-order valence-corrected chi connectivity index (χ3v) is 3.42. The zero-order valence-electron chi connectivity index (χ0n) is 9.78. The van der Waals surface area contributed by atoms with Gasteiger partial charge in [0.25, 0.3) is 0 Å². The fraction of sp³-hybridized carbons (Fsp3) is 0.417. The highest BCUT2D eigenvalue weighted by Gasteiger charge is 2.14. The SMILES string of the molecule is CSc1cc(C)c(C)c(C(N)CC(=O)O)c1. The lowest BCUT2D eigenvalue weighted by atomic mass is 9.96. The molecule has 0 aliphatic carbocycles. The molecule has 3 nitrogen and oxygen atoms in total. The molecule has 0 aliphatic heterocycles. The van der Waals surface area contributed by atoms with Crippen LogP contribution in [-0.2, 0) is 4.79 Å². The lowest BCUT2D eigenvalue weighted by Gasteiger charge is -2.16. The van der Waals surface area contributed by atoms with Crippen molar-refractivity contribution in [1.82, 2.24) is 0 Å². The van der Waals surface area contributed by atoms with E-state index in [9.17, 15) is 4.79 Å². The predicted octanol–water partition coefficient (Wildman–Crippen LogP) is 2.50. The Balaban J connectivity index is 3.10. The van der Waals surface area contributed by atoms with E-state index in [1.807, 2.05) is 26.2 Å². The van der Waals surface area contributed by atoms with Gasteiger partial charge in [0.2, 0.25) is 0 Å². The molecule has 3 N–H and O–H groups in total. The second-order valence-electron chi connectivity index (χ2n) is 3.86. The van der Waals surface area contributed by atoms with Gasteiger partial charge in [-0.3, -0.25) is 4.79 Å². The third-order valence-electron chi connectivity index (χ3n) is 2.71. The number of thioether (sulfide) groups is 1. The molecule has 0 amide bonds. The summed E-state index contributed by atoms with van der Waals surface area (Å²) >= 11 is 1.64. The van der Waals surface area contributed by atoms with Crippen LogP contribution in [0.5, 0.6) is 0 Å². The largest absolute Gasteiger partial charge is 0.481 e. The van der Waals surface area contributed by atoms with Crippen molar-refractivity contribution >= 4 is 17.7 Å². The normalized spacial score (nSPS) is 12.5. The first kappa shape index (κ1) is 13.1. The highest BCUT2D eigenvalue weighted by molar-refractivity contribution is 7.98. The van der Waals surface area contributed by atoms with E-state index in [0.717, 1.165) is 21.6 Å². The average molecular weight is 239 g/mol. The van der Waals surface area contributed by atoms with Crippen molar-refractivity contribution < 1.29 is 9.90 Å². The van der Waals surface area contributed by atoms with Crippen molar-refractivity contribution in [3.8, 4) is 0 Å². The second kappa shape index (κ2) is 5.37. The third kappa shape index (κ3) is 3.00. The molecule has 0 saturated heterocycles. The number of carboxylic acid groups (broad SMARTS) is 1. The molecule has 0 aliphatic rings. The van der Waals surface area contributed by atoms with Crippen LogP contribution in [0.4, 0.5) is 0 Å². The quantitative estimate of drug-likeness (QED) is 0.792. The molecule has 1 aromatic rings. The van der Waals surface area contributed by atoms with Gasteiger partial charge >= 0.3 is 5.97 Å². The number of nitrogens with two attached hydrogens (primary N) is 1. The van der Waals surface area contributed by atoms with Crippen LogP contribution < -0.4 is 5.73 Å². The molecule has 88 valence electrons. The van der Waals surface area contributed by atoms with Gasteiger partial charge in [0.05, 0.1) is 6.42 Å². The molecule has 0 heterocycles. The summed E-state index contributed by atoms with van der Waals surface area (Å²) in [5, 5.41) is 8.75. The number of carbonyl (C=O) groups is 1. The van der Waals surface area contributed by atoms with Crippen LogP contribution in [0.15, 0.2) is 17.0 Å². The van der Waals surface area contributed by atoms with Crippen molar-refractivity contribution in [1.29, 1.82) is 0 Å². The van der Waals surface area contributed by atoms with Crippen molar-refractivity contribution in [2.24, 2.45) is 5.73 Å². The van der Waals surface area contributed by atoms with Gasteiger partial charge in [-0.2, -0.15) is 0 Å². The number of rotatable bonds is 4. The standard InChI is InChI=1S/C12H17NO2S/c1-7-4-9(16-3)5-10(8(7)2)11(13)6-12(14)15/h4-5,11H,6,13H2,1-3H3,(H,14,15). The van der Waals surface area contributed by atoms with Gasteiger partial charge in [0.15, 0.2) is 0 Å². The first-order chi connectivity index (χ1) is 7.45. The summed E-state index contributed by atoms with van der Waals surface area (Å²) in [6.45, 7) is 4.00. The smallest absolute Gasteiger partial charge is 0.305 e. The van der Waals surface area contributed by atoms with E-state index in [0.29, 0.717) is 0 Å². The summed E-state index contributed by atoms with van der Waals surface area (Å²) in [7, 11) is 0. The Bertz CT molecular complexity index is 404. The molecule has 1 rings (SSSR count). The molecule has 0 saturated carbocycles. The van der Waals surface area contributed by atoms with Gasteiger partial charge < -0.3 is 10.8 Å². The zero-order chi connectivity index (χ0) is 12.3. The Morgan fingerprint density at radius 2 is 2.12 bits per heavy atom. The van der Waals surface area contributed by atoms with Crippen molar-refractivity contribution in [2.75, 3.05) is 6.26 Å². The average Bonchev–Trinajstić information content (AvgIpc) is 2.20. The summed E-state index contributed by atoms with van der Waals surface area (Å²) in [5.74, 6) is -0.862. The Morgan fingerprint density at radius 3 is 2.62 bits per heavy atom. The molecular formula is C12H17NO2S. The van der Waals surface area contributed by atoms with Gasteiger partial charge in [0.1, 0.15) is 0 Å². The summed E-state index contributed by atoms with van der Waals surface area (Å²) in [6, 6.07) is 3.65. The van der Waals surface area contributed by atoms with E-state index in [1.54, 1.807) is 11.8 Å². The van der Waals surface area contributed by atoms with Crippen molar-refractivity contribution in [3.63, 3.8) is 0 Å². The van der Waals surface area contributed by atoms with E-state index < -0.39 is 12.0 Å². The lowest BCUT2D eigenvalue weighted by Crippen LogP contribution is -2.16. The maximum atomic E-state index is 10.6. The number of benzene rings is 1. The highest BCUT2D eigenvalue weighted by atomic mass is 32.2. The predicted molar refractivity (Wildman–Crippen MR) is 66.9 cm³/mol. The summed E-state index contributed by atoms with van der Waals surface area (Å²) < 4.78 is 0. The molecule has 16 heavy (non-hydrogen) atoms. The van der Waals surface area contributed by atoms with Crippen molar-refractivity contribution in [3.05, 3.63) is 28.8 Å². The van der Waals surface area contributed by atoms with Crippen LogP contribution in [0, 0.1) is 13.8 Å². The maximum absolute atomic E-state index is 10.6. The van der Waals surface area contributed by atoms with E-state index >= 15 is 0 Å². The van der Waals surface area contributed by atoms with E-state index in [1.165, 1.54) is 0 Å². The van der Waals surface area contributed by atoms with E-state index in [2.05, 4.69) is 6.07 Å². The monoisotopic (exact) mass is 239 g/mol. The minimum atomic E-state index is -0.862. The Morgan fingerprint density at radius 1 is 1.50 bits per heavy atom. The first-order valence-electron chi connectivity index (χ1n) is 5.08. The molecule has 1 aromatic carbocycles. The van der Waals surface area contributed by atoms with Crippen LogP contribution in [-0.4, -0.2) is 17.3 Å². The summed E-state index contributed by atoms with van der Waals surface area (Å²) in [4.78, 5) is 11.8.